The first-order chi connectivity index (χ1) is 7.96. The Kier molecular flexibility index (Phi) is 3.40. The third-order valence-corrected chi connectivity index (χ3v) is 4.88. The molecular weight excluding hydrogens is 238 g/mol. The maximum absolute atomic E-state index is 11.3. The van der Waals surface area contributed by atoms with E-state index in [9.17, 15) is 13.5 Å². The van der Waals surface area contributed by atoms with Crippen LogP contribution in [-0.2, 0) is 9.84 Å². The number of hydrogen-bond acceptors (Lipinski definition) is 4. The standard InChI is InChI=1S/C12H17NO3S/c1-9(10-2-4-12(14)5-3-10)13-11-6-7-17(15,16)8-11/h2-5,9,11,13-14H,6-8H2,1H3. The van der Waals surface area contributed by atoms with Crippen LogP contribution in [0.3, 0.4) is 0 Å². The molecule has 17 heavy (non-hydrogen) atoms. The van der Waals surface area contributed by atoms with Crippen LogP contribution in [0.15, 0.2) is 24.3 Å². The maximum Gasteiger partial charge on any atom is 0.151 e. The van der Waals surface area contributed by atoms with Gasteiger partial charge in [-0.2, -0.15) is 0 Å². The van der Waals surface area contributed by atoms with Crippen LogP contribution in [-0.4, -0.2) is 31.1 Å². The largest absolute Gasteiger partial charge is 0.508 e. The Hall–Kier alpha value is -1.07. The van der Waals surface area contributed by atoms with Crippen LogP contribution < -0.4 is 5.32 Å². The number of sulfone groups is 1. The van der Waals surface area contributed by atoms with Gasteiger partial charge in [-0.05, 0) is 31.0 Å². The third-order valence-electron chi connectivity index (χ3n) is 3.11. The van der Waals surface area contributed by atoms with Crippen LogP contribution in [0, 0.1) is 0 Å². The lowest BCUT2D eigenvalue weighted by atomic mass is 10.1. The molecule has 0 spiro atoms. The van der Waals surface area contributed by atoms with Gasteiger partial charge in [0.15, 0.2) is 9.84 Å². The van der Waals surface area contributed by atoms with Crippen molar-refractivity contribution in [3.63, 3.8) is 0 Å². The lowest BCUT2D eigenvalue weighted by Crippen LogP contribution is -2.32. The zero-order valence-electron chi connectivity index (χ0n) is 9.76. The highest BCUT2D eigenvalue weighted by atomic mass is 32.2. The van der Waals surface area contributed by atoms with Crippen molar-refractivity contribution in [3.8, 4) is 5.75 Å². The van der Waals surface area contributed by atoms with E-state index in [0.717, 1.165) is 5.56 Å². The van der Waals surface area contributed by atoms with Crippen molar-refractivity contribution >= 4 is 9.84 Å². The summed E-state index contributed by atoms with van der Waals surface area (Å²) in [6.07, 6.45) is 0.685. The number of phenolic OH excluding ortho intramolecular Hbond substituents is 1. The van der Waals surface area contributed by atoms with E-state index in [4.69, 9.17) is 0 Å². The summed E-state index contributed by atoms with van der Waals surface area (Å²) in [6.45, 7) is 2.00. The predicted molar refractivity (Wildman–Crippen MR) is 66.7 cm³/mol. The van der Waals surface area contributed by atoms with Gasteiger partial charge in [0.1, 0.15) is 5.75 Å². The fourth-order valence-corrected chi connectivity index (χ4v) is 3.83. The molecule has 1 heterocycles. The molecule has 0 bridgehead atoms. The van der Waals surface area contributed by atoms with Crippen LogP contribution in [0.5, 0.6) is 5.75 Å². The smallest absolute Gasteiger partial charge is 0.151 e. The first-order valence-corrected chi connectivity index (χ1v) is 7.54. The summed E-state index contributed by atoms with van der Waals surface area (Å²) >= 11 is 0. The van der Waals surface area contributed by atoms with E-state index in [1.54, 1.807) is 12.1 Å². The summed E-state index contributed by atoms with van der Waals surface area (Å²) in [5.41, 5.74) is 1.05. The van der Waals surface area contributed by atoms with E-state index in [1.165, 1.54) is 0 Å². The molecular formula is C12H17NO3S. The fourth-order valence-electron chi connectivity index (χ4n) is 2.14. The highest BCUT2D eigenvalue weighted by Crippen LogP contribution is 2.19. The molecule has 4 nitrogen and oxygen atoms in total. The van der Waals surface area contributed by atoms with Gasteiger partial charge < -0.3 is 10.4 Å². The monoisotopic (exact) mass is 255 g/mol. The summed E-state index contributed by atoms with van der Waals surface area (Å²) in [5.74, 6) is 0.756. The number of nitrogens with one attached hydrogen (secondary N) is 1. The van der Waals surface area contributed by atoms with Crippen molar-refractivity contribution in [1.29, 1.82) is 0 Å². The van der Waals surface area contributed by atoms with Crippen LogP contribution in [0.1, 0.15) is 24.9 Å². The molecule has 1 aromatic rings. The van der Waals surface area contributed by atoms with E-state index < -0.39 is 9.84 Å². The Bertz CT molecular complexity index is 481. The van der Waals surface area contributed by atoms with Crippen LogP contribution >= 0.6 is 0 Å². The topological polar surface area (TPSA) is 66.4 Å². The minimum Gasteiger partial charge on any atom is -0.508 e. The average molecular weight is 255 g/mol. The molecule has 1 aliphatic rings. The average Bonchev–Trinajstić information content (AvgIpc) is 2.59. The summed E-state index contributed by atoms with van der Waals surface area (Å²) in [7, 11) is -2.83. The van der Waals surface area contributed by atoms with E-state index in [0.29, 0.717) is 6.42 Å². The van der Waals surface area contributed by atoms with Gasteiger partial charge in [0.2, 0.25) is 0 Å². The minimum atomic E-state index is -2.83. The highest BCUT2D eigenvalue weighted by molar-refractivity contribution is 7.91. The molecule has 0 aromatic heterocycles. The maximum atomic E-state index is 11.3. The summed E-state index contributed by atoms with van der Waals surface area (Å²) in [5, 5.41) is 12.5. The molecule has 1 fully saturated rings. The third kappa shape index (κ3) is 3.20. The molecule has 0 amide bonds. The zero-order valence-corrected chi connectivity index (χ0v) is 10.6. The van der Waals surface area contributed by atoms with E-state index >= 15 is 0 Å². The second-order valence-electron chi connectivity index (χ2n) is 4.58. The molecule has 0 saturated carbocycles. The first kappa shape index (κ1) is 12.4. The normalized spacial score (nSPS) is 24.6. The van der Waals surface area contributed by atoms with Crippen molar-refractivity contribution in [1.82, 2.24) is 5.32 Å². The number of hydrogen-bond donors (Lipinski definition) is 2. The summed E-state index contributed by atoms with van der Waals surface area (Å²) in [6, 6.07) is 7.10. The van der Waals surface area contributed by atoms with Gasteiger partial charge in [-0.1, -0.05) is 12.1 Å². The van der Waals surface area contributed by atoms with Gasteiger partial charge in [0.05, 0.1) is 11.5 Å². The SMILES string of the molecule is CC(NC1CCS(=O)(=O)C1)c1ccc(O)cc1. The molecule has 0 radical (unpaired) electrons. The molecule has 2 rings (SSSR count). The number of benzene rings is 1. The molecule has 1 saturated heterocycles. The van der Waals surface area contributed by atoms with Crippen LogP contribution in [0.25, 0.3) is 0 Å². The first-order valence-electron chi connectivity index (χ1n) is 5.72. The zero-order chi connectivity index (χ0) is 12.5. The van der Waals surface area contributed by atoms with E-state index in [-0.39, 0.29) is 29.3 Å². The lowest BCUT2D eigenvalue weighted by molar-refractivity contribution is 0.470. The second kappa shape index (κ2) is 4.66. The molecule has 94 valence electrons. The van der Waals surface area contributed by atoms with Crippen LogP contribution in [0.2, 0.25) is 0 Å². The Balaban J connectivity index is 1.98. The lowest BCUT2D eigenvalue weighted by Gasteiger charge is -2.18. The molecule has 1 aromatic carbocycles. The van der Waals surface area contributed by atoms with Crippen molar-refractivity contribution in [2.75, 3.05) is 11.5 Å². The number of rotatable bonds is 3. The van der Waals surface area contributed by atoms with Gasteiger partial charge in [0.25, 0.3) is 0 Å². The summed E-state index contributed by atoms with van der Waals surface area (Å²) in [4.78, 5) is 0. The highest BCUT2D eigenvalue weighted by Gasteiger charge is 2.28. The van der Waals surface area contributed by atoms with Gasteiger partial charge in [0, 0.05) is 12.1 Å². The van der Waals surface area contributed by atoms with Crippen molar-refractivity contribution < 1.29 is 13.5 Å². The van der Waals surface area contributed by atoms with Gasteiger partial charge in [-0.3, -0.25) is 0 Å². The molecule has 2 unspecified atom stereocenters. The van der Waals surface area contributed by atoms with Crippen molar-refractivity contribution in [3.05, 3.63) is 29.8 Å². The molecule has 2 atom stereocenters. The van der Waals surface area contributed by atoms with Gasteiger partial charge in [-0.15, -0.1) is 0 Å². The van der Waals surface area contributed by atoms with Gasteiger partial charge in [-0.25, -0.2) is 8.42 Å². The van der Waals surface area contributed by atoms with Gasteiger partial charge >= 0.3 is 0 Å². The van der Waals surface area contributed by atoms with E-state index in [2.05, 4.69) is 5.32 Å². The molecule has 0 aliphatic carbocycles. The second-order valence-corrected chi connectivity index (χ2v) is 6.81. The fraction of sp³-hybridized carbons (Fsp3) is 0.500. The number of phenols is 1. The predicted octanol–water partition coefficient (Wildman–Crippen LogP) is 1.23. The minimum absolute atomic E-state index is 0.0452. The molecule has 2 N–H and O–H groups in total. The Morgan fingerprint density at radius 2 is 2.00 bits per heavy atom. The Morgan fingerprint density at radius 1 is 1.35 bits per heavy atom. The summed E-state index contributed by atoms with van der Waals surface area (Å²) < 4.78 is 22.7. The molecule has 1 aliphatic heterocycles. The number of aromatic hydroxyl groups is 1. The molecule has 5 heteroatoms. The van der Waals surface area contributed by atoms with Crippen molar-refractivity contribution in [2.45, 2.75) is 25.4 Å². The van der Waals surface area contributed by atoms with E-state index in [1.807, 2.05) is 19.1 Å². The Morgan fingerprint density at radius 3 is 2.53 bits per heavy atom. The quantitative estimate of drug-likeness (QED) is 0.852. The Labute approximate surface area is 102 Å². The van der Waals surface area contributed by atoms with Crippen LogP contribution in [0.4, 0.5) is 0 Å². The van der Waals surface area contributed by atoms with Crippen molar-refractivity contribution in [2.24, 2.45) is 0 Å².